The number of hydrogen-bond acceptors (Lipinski definition) is 4. The molecule has 0 amide bonds. The highest BCUT2D eigenvalue weighted by Gasteiger charge is 2.17. The number of allylic oxidation sites excluding steroid dienone is 1. The zero-order valence-corrected chi connectivity index (χ0v) is 14.3. The molecule has 0 fully saturated rings. The average molecular weight is 347 g/mol. The first-order valence-electron chi connectivity index (χ1n) is 7.54. The van der Waals surface area contributed by atoms with Gasteiger partial charge in [0.15, 0.2) is 0 Å². The van der Waals surface area contributed by atoms with Gasteiger partial charge in [0, 0.05) is 23.9 Å². The van der Waals surface area contributed by atoms with Gasteiger partial charge in [0.2, 0.25) is 0 Å². The van der Waals surface area contributed by atoms with Gasteiger partial charge in [-0.3, -0.25) is 0 Å². The third-order valence-corrected chi connectivity index (χ3v) is 3.89. The summed E-state index contributed by atoms with van der Waals surface area (Å²) in [5.41, 5.74) is 8.80. The molecule has 0 bridgehead atoms. The van der Waals surface area contributed by atoms with E-state index in [2.05, 4.69) is 10.6 Å². The molecule has 0 radical (unpaired) electrons. The van der Waals surface area contributed by atoms with E-state index in [1.54, 1.807) is 19.2 Å². The summed E-state index contributed by atoms with van der Waals surface area (Å²) in [6, 6.07) is 11.5. The number of nitrogen functional groups attached to an aromatic ring is 1. The van der Waals surface area contributed by atoms with Crippen LogP contribution in [0.15, 0.2) is 48.3 Å². The van der Waals surface area contributed by atoms with Gasteiger partial charge in [-0.15, -0.1) is 0 Å². The fourth-order valence-corrected chi connectivity index (χ4v) is 2.57. The maximum atomic E-state index is 13.4. The van der Waals surface area contributed by atoms with Crippen LogP contribution in [0.1, 0.15) is 18.9 Å². The van der Waals surface area contributed by atoms with E-state index in [0.717, 1.165) is 0 Å². The van der Waals surface area contributed by atoms with Crippen molar-refractivity contribution in [2.24, 2.45) is 0 Å². The molecule has 0 saturated carbocycles. The lowest BCUT2D eigenvalue weighted by molar-refractivity contribution is 0.628. The largest absolute Gasteiger partial charge is 0.397 e. The molecule has 2 aromatic rings. The van der Waals surface area contributed by atoms with E-state index in [1.165, 1.54) is 12.1 Å². The number of nitrogens with one attached hydrogen (secondary N) is 3. The zero-order valence-electron chi connectivity index (χ0n) is 13.6. The highest BCUT2D eigenvalue weighted by molar-refractivity contribution is 6.35. The molecule has 0 aromatic heterocycles. The van der Waals surface area contributed by atoms with Crippen molar-refractivity contribution >= 4 is 34.3 Å². The summed E-state index contributed by atoms with van der Waals surface area (Å²) in [7, 11) is 1.74. The van der Waals surface area contributed by atoms with Crippen molar-refractivity contribution in [1.29, 1.82) is 5.41 Å². The summed E-state index contributed by atoms with van der Waals surface area (Å²) in [6.07, 6.45) is 0.500. The van der Waals surface area contributed by atoms with Crippen molar-refractivity contribution in [2.45, 2.75) is 13.3 Å². The van der Waals surface area contributed by atoms with Crippen LogP contribution in [0.2, 0.25) is 5.02 Å². The minimum atomic E-state index is -0.419. The topological polar surface area (TPSA) is 73.9 Å². The summed E-state index contributed by atoms with van der Waals surface area (Å²) >= 11 is 6.21. The Morgan fingerprint density at radius 2 is 1.96 bits per heavy atom. The van der Waals surface area contributed by atoms with Gasteiger partial charge in [-0.2, -0.15) is 0 Å². The number of hydrogen-bond donors (Lipinski definition) is 4. The van der Waals surface area contributed by atoms with Crippen LogP contribution in [0.4, 0.5) is 15.8 Å². The zero-order chi connectivity index (χ0) is 17.7. The number of anilines is 2. The predicted molar refractivity (Wildman–Crippen MR) is 99.9 cm³/mol. The van der Waals surface area contributed by atoms with Gasteiger partial charge in [0.05, 0.1) is 16.4 Å². The molecule has 0 unspecified atom stereocenters. The molecule has 126 valence electrons. The van der Waals surface area contributed by atoms with Crippen LogP contribution in [0.3, 0.4) is 0 Å². The molecule has 0 atom stereocenters. The fourth-order valence-electron chi connectivity index (χ4n) is 2.31. The summed E-state index contributed by atoms with van der Waals surface area (Å²) in [6.45, 7) is 1.88. The van der Waals surface area contributed by atoms with Crippen molar-refractivity contribution in [3.63, 3.8) is 0 Å². The molecule has 0 aliphatic carbocycles. The van der Waals surface area contributed by atoms with E-state index < -0.39 is 5.82 Å². The second kappa shape index (κ2) is 7.84. The Bertz CT molecular complexity index is 786. The smallest absolute Gasteiger partial charge is 0.124 e. The van der Waals surface area contributed by atoms with E-state index in [1.807, 2.05) is 25.1 Å². The second-order valence-corrected chi connectivity index (χ2v) is 5.58. The van der Waals surface area contributed by atoms with Crippen molar-refractivity contribution in [3.05, 3.63) is 64.7 Å². The average Bonchev–Trinajstić information content (AvgIpc) is 2.57. The summed E-state index contributed by atoms with van der Waals surface area (Å²) in [5, 5.41) is 14.8. The van der Waals surface area contributed by atoms with Crippen LogP contribution in [0.5, 0.6) is 0 Å². The third-order valence-electron chi connectivity index (χ3n) is 3.58. The van der Waals surface area contributed by atoms with Gasteiger partial charge in [-0.25, -0.2) is 4.39 Å². The first-order chi connectivity index (χ1) is 11.5. The van der Waals surface area contributed by atoms with Crippen molar-refractivity contribution < 1.29 is 4.39 Å². The van der Waals surface area contributed by atoms with E-state index in [9.17, 15) is 4.39 Å². The highest BCUT2D eigenvalue weighted by Crippen LogP contribution is 2.29. The van der Waals surface area contributed by atoms with Crippen LogP contribution in [-0.2, 0) is 0 Å². The third kappa shape index (κ3) is 3.86. The molecule has 0 saturated heterocycles. The lowest BCUT2D eigenvalue weighted by atomic mass is 9.99. The summed E-state index contributed by atoms with van der Waals surface area (Å²) in [5.74, 6) is 0.158. The van der Waals surface area contributed by atoms with Gasteiger partial charge in [0.1, 0.15) is 11.6 Å². The van der Waals surface area contributed by atoms with Gasteiger partial charge >= 0.3 is 0 Å². The molecule has 2 rings (SSSR count). The number of halogens is 2. The summed E-state index contributed by atoms with van der Waals surface area (Å²) in [4.78, 5) is 0. The SMILES string of the molecule is CCC(=N)/C(=C(\NC)Nc1ccccc1N)c1ccc(F)cc1Cl. The van der Waals surface area contributed by atoms with Crippen molar-refractivity contribution in [2.75, 3.05) is 18.1 Å². The second-order valence-electron chi connectivity index (χ2n) is 5.17. The van der Waals surface area contributed by atoms with E-state index >= 15 is 0 Å². The molecule has 0 heterocycles. The van der Waals surface area contributed by atoms with Crippen molar-refractivity contribution in [3.8, 4) is 0 Å². The first-order valence-corrected chi connectivity index (χ1v) is 7.92. The van der Waals surface area contributed by atoms with E-state index in [-0.39, 0.29) is 5.02 Å². The number of nitrogens with two attached hydrogens (primary N) is 1. The minimum absolute atomic E-state index is 0.249. The Kier molecular flexibility index (Phi) is 5.82. The Morgan fingerprint density at radius 1 is 1.25 bits per heavy atom. The molecule has 0 aliphatic heterocycles. The number of benzene rings is 2. The summed E-state index contributed by atoms with van der Waals surface area (Å²) < 4.78 is 13.4. The molecule has 0 spiro atoms. The number of para-hydroxylation sites is 2. The van der Waals surface area contributed by atoms with Crippen LogP contribution in [0.25, 0.3) is 5.57 Å². The van der Waals surface area contributed by atoms with Crippen LogP contribution < -0.4 is 16.4 Å². The maximum Gasteiger partial charge on any atom is 0.124 e. The first kappa shape index (κ1) is 17.8. The lowest BCUT2D eigenvalue weighted by Crippen LogP contribution is -2.21. The van der Waals surface area contributed by atoms with E-state index in [4.69, 9.17) is 22.7 Å². The molecule has 4 nitrogen and oxygen atoms in total. The predicted octanol–water partition coefficient (Wildman–Crippen LogP) is 4.49. The van der Waals surface area contributed by atoms with Crippen LogP contribution >= 0.6 is 11.6 Å². The van der Waals surface area contributed by atoms with Crippen LogP contribution in [-0.4, -0.2) is 12.8 Å². The lowest BCUT2D eigenvalue weighted by Gasteiger charge is -2.19. The highest BCUT2D eigenvalue weighted by atomic mass is 35.5. The van der Waals surface area contributed by atoms with Gasteiger partial charge in [-0.05, 0) is 36.8 Å². The van der Waals surface area contributed by atoms with E-state index in [0.29, 0.717) is 40.5 Å². The normalized spacial score (nSPS) is 11.7. The molecule has 0 aliphatic rings. The molecule has 5 N–H and O–H groups in total. The fraction of sp³-hybridized carbons (Fsp3) is 0.167. The Balaban J connectivity index is 2.59. The van der Waals surface area contributed by atoms with Crippen LogP contribution in [0, 0.1) is 11.2 Å². The molecule has 24 heavy (non-hydrogen) atoms. The Labute approximate surface area is 146 Å². The van der Waals surface area contributed by atoms with Crippen molar-refractivity contribution in [1.82, 2.24) is 5.32 Å². The molecular weight excluding hydrogens is 327 g/mol. The maximum absolute atomic E-state index is 13.4. The van der Waals surface area contributed by atoms with Gasteiger partial charge in [0.25, 0.3) is 0 Å². The minimum Gasteiger partial charge on any atom is -0.397 e. The Morgan fingerprint density at radius 3 is 2.54 bits per heavy atom. The number of rotatable bonds is 6. The van der Waals surface area contributed by atoms with Gasteiger partial charge < -0.3 is 21.8 Å². The molecule has 2 aromatic carbocycles. The monoisotopic (exact) mass is 346 g/mol. The molecule has 6 heteroatoms. The van der Waals surface area contributed by atoms with Gasteiger partial charge in [-0.1, -0.05) is 30.7 Å². The Hall–Kier alpha value is -2.53. The molecular formula is C18H20ClFN4. The quantitative estimate of drug-likeness (QED) is 0.460. The standard InChI is InChI=1S/C18H20ClFN4/c1-3-14(21)17(12-9-8-11(20)10-13(12)19)18(23-2)24-16-7-5-4-6-15(16)22/h4-10,21,23-24H,3,22H2,1-2H3/b18-17+,21-14?.